The molecule has 8 heteroatoms. The fourth-order valence-corrected chi connectivity index (χ4v) is 2.06. The molecule has 3 aromatic rings. The molecule has 0 radical (unpaired) electrons. The Morgan fingerprint density at radius 3 is 2.12 bits per heavy atom. The maximum absolute atomic E-state index is 11.5. The van der Waals surface area contributed by atoms with Crippen LogP contribution in [0.3, 0.4) is 0 Å². The lowest BCUT2D eigenvalue weighted by Crippen LogP contribution is -2.01. The minimum absolute atomic E-state index is 0.212. The third-order valence-corrected chi connectivity index (χ3v) is 3.17. The summed E-state index contributed by atoms with van der Waals surface area (Å²) in [5.74, 6) is 0.664. The molecule has 3 rings (SSSR count). The average molecular weight is 339 g/mol. The van der Waals surface area contributed by atoms with Gasteiger partial charge in [-0.1, -0.05) is 30.3 Å². The summed E-state index contributed by atoms with van der Waals surface area (Å²) in [5.41, 5.74) is -0.475. The molecule has 2 aromatic carbocycles. The van der Waals surface area contributed by atoms with Crippen LogP contribution in [0.2, 0.25) is 0 Å². The van der Waals surface area contributed by atoms with Crippen LogP contribution in [0.1, 0.15) is 0 Å². The summed E-state index contributed by atoms with van der Waals surface area (Å²) in [5, 5.41) is 11.5. The Labute approximate surface area is 142 Å². The molecule has 0 amide bonds. The van der Waals surface area contributed by atoms with Crippen LogP contribution in [-0.4, -0.2) is 22.0 Å². The van der Waals surface area contributed by atoms with E-state index in [1.165, 1.54) is 7.11 Å². The summed E-state index contributed by atoms with van der Waals surface area (Å²) in [6, 6.07) is 15.4. The zero-order chi connectivity index (χ0) is 17.6. The Morgan fingerprint density at radius 2 is 1.48 bits per heavy atom. The van der Waals surface area contributed by atoms with Crippen LogP contribution in [0.5, 0.6) is 29.0 Å². The highest BCUT2D eigenvalue weighted by Crippen LogP contribution is 2.39. The van der Waals surface area contributed by atoms with Gasteiger partial charge in [0, 0.05) is 0 Å². The van der Waals surface area contributed by atoms with Crippen molar-refractivity contribution in [2.24, 2.45) is 0 Å². The highest BCUT2D eigenvalue weighted by atomic mass is 16.6. The van der Waals surface area contributed by atoms with Crippen LogP contribution < -0.4 is 14.2 Å². The maximum Gasteiger partial charge on any atom is 0.393 e. The number of aromatic nitrogens is 2. The molecule has 0 bridgehead atoms. The van der Waals surface area contributed by atoms with Crippen molar-refractivity contribution in [3.63, 3.8) is 0 Å². The summed E-state index contributed by atoms with van der Waals surface area (Å²) < 4.78 is 16.2. The largest absolute Gasteiger partial charge is 0.493 e. The first kappa shape index (κ1) is 16.2. The van der Waals surface area contributed by atoms with E-state index in [-0.39, 0.29) is 17.5 Å². The van der Waals surface area contributed by atoms with Crippen LogP contribution in [0.4, 0.5) is 5.69 Å². The first-order valence-corrected chi connectivity index (χ1v) is 7.22. The second-order valence-corrected chi connectivity index (χ2v) is 4.76. The van der Waals surface area contributed by atoms with Crippen molar-refractivity contribution in [2.45, 2.75) is 0 Å². The van der Waals surface area contributed by atoms with E-state index in [9.17, 15) is 10.1 Å². The number of ether oxygens (including phenoxy) is 3. The van der Waals surface area contributed by atoms with Crippen molar-refractivity contribution < 1.29 is 19.1 Å². The van der Waals surface area contributed by atoms with E-state index in [1.807, 2.05) is 0 Å². The Balaban J connectivity index is 1.99. The molecule has 0 fully saturated rings. The molecule has 0 aliphatic heterocycles. The van der Waals surface area contributed by atoms with Gasteiger partial charge in [-0.3, -0.25) is 10.1 Å². The van der Waals surface area contributed by atoms with Crippen LogP contribution in [0, 0.1) is 10.1 Å². The highest BCUT2D eigenvalue weighted by Gasteiger charge is 2.27. The highest BCUT2D eigenvalue weighted by molar-refractivity contribution is 5.53. The van der Waals surface area contributed by atoms with Gasteiger partial charge in [-0.2, -0.15) is 9.97 Å². The Hall–Kier alpha value is -3.68. The third kappa shape index (κ3) is 3.63. The molecule has 0 aliphatic rings. The van der Waals surface area contributed by atoms with Gasteiger partial charge in [0.05, 0.1) is 12.0 Å². The molecule has 126 valence electrons. The summed E-state index contributed by atoms with van der Waals surface area (Å²) >= 11 is 0. The van der Waals surface area contributed by atoms with Gasteiger partial charge in [-0.05, 0) is 24.3 Å². The van der Waals surface area contributed by atoms with Crippen molar-refractivity contribution >= 4 is 5.69 Å². The summed E-state index contributed by atoms with van der Waals surface area (Å²) in [4.78, 5) is 18.6. The molecular weight excluding hydrogens is 326 g/mol. The van der Waals surface area contributed by atoms with E-state index in [4.69, 9.17) is 14.2 Å². The van der Waals surface area contributed by atoms with Crippen molar-refractivity contribution in [2.75, 3.05) is 7.11 Å². The quantitative estimate of drug-likeness (QED) is 0.495. The maximum atomic E-state index is 11.5. The van der Waals surface area contributed by atoms with Gasteiger partial charge in [-0.25, -0.2) is 0 Å². The van der Waals surface area contributed by atoms with Crippen LogP contribution in [-0.2, 0) is 0 Å². The second-order valence-electron chi connectivity index (χ2n) is 4.76. The lowest BCUT2D eigenvalue weighted by Gasteiger charge is -2.10. The molecule has 1 heterocycles. The molecule has 0 N–H and O–H groups in total. The fourth-order valence-electron chi connectivity index (χ4n) is 2.06. The number of methoxy groups -OCH3 is 1. The topological polar surface area (TPSA) is 96.6 Å². The normalized spacial score (nSPS) is 10.1. The first-order chi connectivity index (χ1) is 12.2. The number of hydrogen-bond donors (Lipinski definition) is 0. The molecule has 0 saturated carbocycles. The van der Waals surface area contributed by atoms with Crippen molar-refractivity contribution in [1.82, 2.24) is 9.97 Å². The lowest BCUT2D eigenvalue weighted by molar-refractivity contribution is -0.387. The smallest absolute Gasteiger partial charge is 0.393 e. The standard InChI is InChI=1S/C17H13N3O5/c1-23-13-9-5-6-10-14(13)25-17-15(20(21)22)16(18-11-19-17)24-12-7-3-2-4-8-12/h2-11H,1H3. The van der Waals surface area contributed by atoms with Crippen molar-refractivity contribution in [3.05, 3.63) is 71.0 Å². The Bertz CT molecular complexity index is 886. The van der Waals surface area contributed by atoms with Gasteiger partial charge in [0.25, 0.3) is 0 Å². The van der Waals surface area contributed by atoms with E-state index in [1.54, 1.807) is 54.6 Å². The number of para-hydroxylation sites is 3. The van der Waals surface area contributed by atoms with Crippen LogP contribution in [0.25, 0.3) is 0 Å². The molecular formula is C17H13N3O5. The number of hydrogen-bond acceptors (Lipinski definition) is 7. The SMILES string of the molecule is COc1ccccc1Oc1ncnc(Oc2ccccc2)c1[N+](=O)[O-]. The van der Waals surface area contributed by atoms with E-state index >= 15 is 0 Å². The van der Waals surface area contributed by atoms with Gasteiger partial charge in [0.15, 0.2) is 11.5 Å². The lowest BCUT2D eigenvalue weighted by atomic mass is 10.3. The summed E-state index contributed by atoms with van der Waals surface area (Å²) in [6.45, 7) is 0. The third-order valence-electron chi connectivity index (χ3n) is 3.17. The number of benzene rings is 2. The van der Waals surface area contributed by atoms with E-state index in [0.29, 0.717) is 11.5 Å². The van der Waals surface area contributed by atoms with Crippen molar-refractivity contribution in [3.8, 4) is 29.0 Å². The molecule has 1 aromatic heterocycles. The molecule has 0 saturated heterocycles. The summed E-state index contributed by atoms with van der Waals surface area (Å²) in [7, 11) is 1.47. The van der Waals surface area contributed by atoms with Gasteiger partial charge >= 0.3 is 17.4 Å². The minimum Gasteiger partial charge on any atom is -0.493 e. The van der Waals surface area contributed by atoms with E-state index in [0.717, 1.165) is 6.33 Å². The predicted octanol–water partition coefficient (Wildman–Crippen LogP) is 3.98. The monoisotopic (exact) mass is 339 g/mol. The van der Waals surface area contributed by atoms with Crippen molar-refractivity contribution in [1.29, 1.82) is 0 Å². The molecule has 8 nitrogen and oxygen atoms in total. The van der Waals surface area contributed by atoms with E-state index < -0.39 is 10.6 Å². The fraction of sp³-hybridized carbons (Fsp3) is 0.0588. The molecule has 25 heavy (non-hydrogen) atoms. The molecule has 0 aliphatic carbocycles. The average Bonchev–Trinajstić information content (AvgIpc) is 2.63. The van der Waals surface area contributed by atoms with Crippen LogP contribution in [0.15, 0.2) is 60.9 Å². The van der Waals surface area contributed by atoms with Gasteiger partial charge in [0.2, 0.25) is 0 Å². The van der Waals surface area contributed by atoms with Gasteiger partial charge < -0.3 is 14.2 Å². The predicted molar refractivity (Wildman–Crippen MR) is 88.3 cm³/mol. The number of nitro groups is 1. The van der Waals surface area contributed by atoms with Gasteiger partial charge in [-0.15, -0.1) is 0 Å². The van der Waals surface area contributed by atoms with Gasteiger partial charge in [0.1, 0.15) is 12.1 Å². The number of rotatable bonds is 6. The molecule has 0 spiro atoms. The zero-order valence-electron chi connectivity index (χ0n) is 13.2. The summed E-state index contributed by atoms with van der Waals surface area (Å²) in [6.07, 6.45) is 1.13. The second kappa shape index (κ2) is 7.26. The zero-order valence-corrected chi connectivity index (χ0v) is 13.2. The molecule has 0 unspecified atom stereocenters. The Morgan fingerprint density at radius 1 is 0.880 bits per heavy atom. The first-order valence-electron chi connectivity index (χ1n) is 7.22. The molecule has 0 atom stereocenters. The van der Waals surface area contributed by atoms with E-state index in [2.05, 4.69) is 9.97 Å². The van der Waals surface area contributed by atoms with Crippen LogP contribution >= 0.6 is 0 Å². The minimum atomic E-state index is -0.650. The number of nitrogens with zero attached hydrogens (tertiary/aromatic N) is 3. The Kier molecular flexibility index (Phi) is 4.70.